The summed E-state index contributed by atoms with van der Waals surface area (Å²) in [6.07, 6.45) is 3.12. The number of hydrogen-bond donors (Lipinski definition) is 12. The fourth-order valence-electron chi connectivity index (χ4n) is 5.55. The molecule has 58 heavy (non-hydrogen) atoms. The van der Waals surface area contributed by atoms with E-state index in [1.54, 1.807) is 13.8 Å². The third-order valence-electron chi connectivity index (χ3n) is 8.27. The van der Waals surface area contributed by atoms with Gasteiger partial charge < -0.3 is 57.2 Å². The minimum absolute atomic E-state index is 0.0287. The van der Waals surface area contributed by atoms with Gasteiger partial charge >= 0.3 is 17.9 Å². The van der Waals surface area contributed by atoms with Crippen LogP contribution in [0.3, 0.4) is 0 Å². The SMILES string of the molecule is CC(C)C[C@H](NC(=O)CCS)C(=O)N[C@@H](Cc1cnc[nH]1)C(=O)N[C@@H](CC(=O)O)C(=O)N[C@@H](CC(C)C)C(=O)N[C@@H](Cc1cnc[nH]1)C(=O)N[C@@H](CC(=O)O)C(=O)O. The number of nitrogens with zero attached hydrogens (tertiary/aromatic N) is 2. The van der Waals surface area contributed by atoms with Crippen LogP contribution in [0.4, 0.5) is 0 Å². The van der Waals surface area contributed by atoms with Gasteiger partial charge in [0, 0.05) is 43.0 Å². The van der Waals surface area contributed by atoms with E-state index in [1.807, 2.05) is 13.8 Å². The molecule has 0 bridgehead atoms. The lowest BCUT2D eigenvalue weighted by atomic mass is 10.0. The van der Waals surface area contributed by atoms with Gasteiger partial charge in [-0.15, -0.1) is 0 Å². The molecule has 22 nitrogen and oxygen atoms in total. The number of carboxylic acid groups (broad SMARTS) is 3. The Kier molecular flexibility index (Phi) is 19.9. The van der Waals surface area contributed by atoms with Crippen LogP contribution in [0.25, 0.3) is 0 Å². The molecule has 2 aromatic rings. The minimum Gasteiger partial charge on any atom is -0.481 e. The number of aromatic amines is 2. The molecule has 2 heterocycles. The molecule has 0 aliphatic heterocycles. The lowest BCUT2D eigenvalue weighted by Crippen LogP contribution is -2.60. The number of hydrogen-bond acceptors (Lipinski definition) is 12. The smallest absolute Gasteiger partial charge is 0.326 e. The molecule has 0 fully saturated rings. The second kappa shape index (κ2) is 23.9. The number of aliphatic carboxylic acids is 3. The summed E-state index contributed by atoms with van der Waals surface area (Å²) in [6, 6.07) is -9.07. The number of thiol groups is 1. The topological polar surface area (TPSA) is 344 Å². The fraction of sp³-hybridized carbons (Fsp3) is 0.571. The fourth-order valence-corrected chi connectivity index (χ4v) is 5.75. The summed E-state index contributed by atoms with van der Waals surface area (Å²) in [5.41, 5.74) is 0.714. The Morgan fingerprint density at radius 1 is 0.569 bits per heavy atom. The number of H-pyrrole nitrogens is 2. The Labute approximate surface area is 338 Å². The van der Waals surface area contributed by atoms with Gasteiger partial charge in [0.1, 0.15) is 36.3 Å². The van der Waals surface area contributed by atoms with E-state index >= 15 is 0 Å². The van der Waals surface area contributed by atoms with Crippen molar-refractivity contribution in [1.82, 2.24) is 51.8 Å². The number of rotatable bonds is 26. The summed E-state index contributed by atoms with van der Waals surface area (Å²) in [5.74, 6) is -10.0. The van der Waals surface area contributed by atoms with E-state index in [2.05, 4.69) is 64.5 Å². The summed E-state index contributed by atoms with van der Waals surface area (Å²) in [5, 5.41) is 42.8. The van der Waals surface area contributed by atoms with Gasteiger partial charge in [0.05, 0.1) is 25.5 Å². The van der Waals surface area contributed by atoms with Gasteiger partial charge in [0.15, 0.2) is 0 Å². The van der Waals surface area contributed by atoms with Gasteiger partial charge in [0.2, 0.25) is 35.4 Å². The molecule has 0 spiro atoms. The number of imidazole rings is 2. The summed E-state index contributed by atoms with van der Waals surface area (Å²) < 4.78 is 0. The van der Waals surface area contributed by atoms with E-state index in [0.717, 1.165) is 0 Å². The average Bonchev–Trinajstić information content (AvgIpc) is 3.84. The summed E-state index contributed by atoms with van der Waals surface area (Å²) in [4.78, 5) is 129. The van der Waals surface area contributed by atoms with E-state index in [-0.39, 0.29) is 49.7 Å². The van der Waals surface area contributed by atoms with Crippen molar-refractivity contribution in [2.75, 3.05) is 5.75 Å². The first-order chi connectivity index (χ1) is 27.3. The van der Waals surface area contributed by atoms with Crippen LogP contribution >= 0.6 is 12.6 Å². The third kappa shape index (κ3) is 17.4. The van der Waals surface area contributed by atoms with Crippen molar-refractivity contribution in [2.45, 2.75) is 109 Å². The molecular weight excluding hydrogens is 785 g/mol. The summed E-state index contributed by atoms with van der Waals surface area (Å²) in [6.45, 7) is 7.06. The molecule has 0 radical (unpaired) electrons. The predicted molar refractivity (Wildman–Crippen MR) is 206 cm³/mol. The molecule has 2 aromatic heterocycles. The number of nitrogens with one attached hydrogen (secondary N) is 8. The molecule has 6 amide bonds. The quantitative estimate of drug-likeness (QED) is 0.0469. The Morgan fingerprint density at radius 3 is 1.31 bits per heavy atom. The van der Waals surface area contributed by atoms with E-state index in [4.69, 9.17) is 5.11 Å². The molecule has 2 rings (SSSR count). The molecule has 0 saturated carbocycles. The van der Waals surface area contributed by atoms with E-state index < -0.39 is 102 Å². The van der Waals surface area contributed by atoms with Gasteiger partial charge in [-0.25, -0.2) is 14.8 Å². The van der Waals surface area contributed by atoms with Crippen LogP contribution in [-0.2, 0) is 56.0 Å². The average molecular weight is 837 g/mol. The van der Waals surface area contributed by atoms with Gasteiger partial charge in [-0.05, 0) is 30.4 Å². The number of aromatic nitrogens is 4. The van der Waals surface area contributed by atoms with Gasteiger partial charge in [-0.2, -0.15) is 12.6 Å². The molecule has 23 heteroatoms. The van der Waals surface area contributed by atoms with E-state index in [1.165, 1.54) is 25.0 Å². The molecular formula is C35H52N10O12S. The minimum atomic E-state index is -1.85. The van der Waals surface area contributed by atoms with Crippen LogP contribution in [0.2, 0.25) is 0 Å². The molecule has 0 saturated heterocycles. The first-order valence-electron chi connectivity index (χ1n) is 18.3. The Morgan fingerprint density at radius 2 is 0.931 bits per heavy atom. The first-order valence-corrected chi connectivity index (χ1v) is 19.0. The second-order valence-corrected chi connectivity index (χ2v) is 14.7. The van der Waals surface area contributed by atoms with Crippen molar-refractivity contribution in [2.24, 2.45) is 11.8 Å². The van der Waals surface area contributed by atoms with Crippen LogP contribution in [0, 0.1) is 11.8 Å². The number of amides is 6. The Hall–Kier alpha value is -6.00. The third-order valence-corrected chi connectivity index (χ3v) is 8.49. The Balaban J connectivity index is 2.37. The van der Waals surface area contributed by atoms with Crippen LogP contribution in [0.5, 0.6) is 0 Å². The normalized spacial score (nSPS) is 14.2. The largest absolute Gasteiger partial charge is 0.481 e. The standard InChI is InChI=1S/C35H52N10O12S/c1-17(2)7-21(40-27(46)5-6-58)30(51)42-23(9-19-13-36-15-38-19)32(53)44-25(11-28(47)48)34(55)41-22(8-18(3)4)31(52)43-24(10-20-14-37-16-39-20)33(54)45-26(35(56)57)12-29(49)50/h13-18,21-26,58H,5-12H2,1-4H3,(H,36,38)(H,37,39)(H,40,46)(H,41,55)(H,42,51)(H,43,52)(H,44,53)(H,45,54)(H,47,48)(H,49,50)(H,56,57)/t21-,22-,23-,24-,25-,26-/m0/s1. The van der Waals surface area contributed by atoms with Crippen LogP contribution in [-0.4, -0.2) is 131 Å². The maximum Gasteiger partial charge on any atom is 0.326 e. The zero-order valence-electron chi connectivity index (χ0n) is 32.4. The molecule has 320 valence electrons. The highest BCUT2D eigenvalue weighted by molar-refractivity contribution is 7.80. The molecule has 0 aromatic carbocycles. The van der Waals surface area contributed by atoms with Crippen molar-refractivity contribution in [3.63, 3.8) is 0 Å². The lowest BCUT2D eigenvalue weighted by molar-refractivity contribution is -0.147. The Bertz CT molecular complexity index is 1720. The highest BCUT2D eigenvalue weighted by Gasteiger charge is 2.35. The van der Waals surface area contributed by atoms with Gasteiger partial charge in [0.25, 0.3) is 0 Å². The zero-order valence-corrected chi connectivity index (χ0v) is 33.3. The van der Waals surface area contributed by atoms with Crippen molar-refractivity contribution in [1.29, 1.82) is 0 Å². The maximum atomic E-state index is 13.8. The van der Waals surface area contributed by atoms with Crippen molar-refractivity contribution in [3.8, 4) is 0 Å². The van der Waals surface area contributed by atoms with E-state index in [9.17, 15) is 53.4 Å². The number of carbonyl (C=O) groups excluding carboxylic acids is 6. The number of carbonyl (C=O) groups is 9. The van der Waals surface area contributed by atoms with Crippen molar-refractivity contribution < 1.29 is 58.5 Å². The van der Waals surface area contributed by atoms with Crippen molar-refractivity contribution >= 4 is 66.0 Å². The molecule has 11 N–H and O–H groups in total. The molecule has 6 atom stereocenters. The van der Waals surface area contributed by atoms with Crippen LogP contribution in [0.1, 0.15) is 71.2 Å². The van der Waals surface area contributed by atoms with Crippen LogP contribution < -0.4 is 31.9 Å². The summed E-state index contributed by atoms with van der Waals surface area (Å²) in [7, 11) is 0. The maximum absolute atomic E-state index is 13.8. The zero-order chi connectivity index (χ0) is 43.5. The van der Waals surface area contributed by atoms with Crippen LogP contribution in [0.15, 0.2) is 25.0 Å². The van der Waals surface area contributed by atoms with Gasteiger partial charge in [-0.3, -0.25) is 38.4 Å². The first kappa shape index (κ1) is 48.1. The molecule has 0 aliphatic rings. The molecule has 0 aliphatic carbocycles. The lowest BCUT2D eigenvalue weighted by Gasteiger charge is -2.27. The highest BCUT2D eigenvalue weighted by atomic mass is 32.1. The number of carboxylic acids is 3. The predicted octanol–water partition coefficient (Wildman–Crippen LogP) is -1.73. The van der Waals surface area contributed by atoms with Crippen molar-refractivity contribution in [3.05, 3.63) is 36.4 Å². The van der Waals surface area contributed by atoms with Gasteiger partial charge in [-0.1, -0.05) is 27.7 Å². The van der Waals surface area contributed by atoms with E-state index in [0.29, 0.717) is 11.4 Å². The second-order valence-electron chi connectivity index (χ2n) is 14.3. The molecule has 0 unspecified atom stereocenters. The summed E-state index contributed by atoms with van der Waals surface area (Å²) >= 11 is 4.05. The monoisotopic (exact) mass is 836 g/mol. The highest BCUT2D eigenvalue weighted by Crippen LogP contribution is 2.11.